The predicted octanol–water partition coefficient (Wildman–Crippen LogP) is 3.71. The Morgan fingerprint density at radius 2 is 1.63 bits per heavy atom. The normalized spacial score (nSPS) is 19.5. The molecule has 6 heteroatoms. The van der Waals surface area contributed by atoms with E-state index in [0.29, 0.717) is 39.1 Å². The second-order valence-electron chi connectivity index (χ2n) is 9.55. The van der Waals surface area contributed by atoms with Gasteiger partial charge in [0.05, 0.1) is 12.7 Å². The molecule has 1 atom stereocenters. The minimum absolute atomic E-state index is 0.00411. The molecule has 2 fully saturated rings. The fourth-order valence-corrected chi connectivity index (χ4v) is 5.17. The summed E-state index contributed by atoms with van der Waals surface area (Å²) < 4.78 is 5.91. The summed E-state index contributed by atoms with van der Waals surface area (Å²) in [5.41, 5.74) is 2.03. The maximum absolute atomic E-state index is 13.2. The van der Waals surface area contributed by atoms with Crippen LogP contribution in [-0.4, -0.2) is 67.0 Å². The number of nitrogens with zero attached hydrogens (tertiary/aromatic N) is 2. The van der Waals surface area contributed by atoms with Gasteiger partial charge in [-0.05, 0) is 35.2 Å². The number of carbonyl (C=O) groups excluding carboxylic acids is 2. The topological polar surface area (TPSA) is 61.9 Å². The Balaban J connectivity index is 1.09. The molecule has 2 aliphatic rings. The molecule has 182 valence electrons. The summed E-state index contributed by atoms with van der Waals surface area (Å²) in [7, 11) is 0. The average molecular weight is 472 g/mol. The SMILES string of the molecule is O=C(NC[C@H]1CN(Cc2ccccc2)CCO1)C1CCN(C(=O)c2cccc3ccccc23)CC1. The van der Waals surface area contributed by atoms with Crippen LogP contribution in [-0.2, 0) is 16.1 Å². The van der Waals surface area contributed by atoms with Crippen LogP contribution in [0.5, 0.6) is 0 Å². The Labute approximate surface area is 206 Å². The van der Waals surface area contributed by atoms with Crippen molar-refractivity contribution in [3.63, 3.8) is 0 Å². The number of hydrogen-bond donors (Lipinski definition) is 1. The van der Waals surface area contributed by atoms with Gasteiger partial charge in [-0.25, -0.2) is 0 Å². The molecule has 6 nitrogen and oxygen atoms in total. The lowest BCUT2D eigenvalue weighted by Gasteiger charge is -2.34. The molecular formula is C29H33N3O3. The van der Waals surface area contributed by atoms with Crippen molar-refractivity contribution in [3.8, 4) is 0 Å². The maximum atomic E-state index is 13.2. The van der Waals surface area contributed by atoms with Gasteiger partial charge in [-0.15, -0.1) is 0 Å². The second-order valence-corrected chi connectivity index (χ2v) is 9.55. The van der Waals surface area contributed by atoms with Gasteiger partial charge in [0.1, 0.15) is 0 Å². The van der Waals surface area contributed by atoms with Gasteiger partial charge in [0.25, 0.3) is 5.91 Å². The number of morpholine rings is 1. The first-order valence-corrected chi connectivity index (χ1v) is 12.6. The van der Waals surface area contributed by atoms with Gasteiger partial charge in [-0.3, -0.25) is 14.5 Å². The van der Waals surface area contributed by atoms with Crippen molar-refractivity contribution in [2.45, 2.75) is 25.5 Å². The molecule has 2 amide bonds. The largest absolute Gasteiger partial charge is 0.374 e. The van der Waals surface area contributed by atoms with E-state index >= 15 is 0 Å². The van der Waals surface area contributed by atoms with E-state index in [-0.39, 0.29) is 23.8 Å². The van der Waals surface area contributed by atoms with Gasteiger partial charge in [-0.1, -0.05) is 66.7 Å². The molecule has 0 unspecified atom stereocenters. The van der Waals surface area contributed by atoms with E-state index in [0.717, 1.165) is 36.0 Å². The summed E-state index contributed by atoms with van der Waals surface area (Å²) in [5, 5.41) is 5.16. The number of hydrogen-bond acceptors (Lipinski definition) is 4. The molecule has 2 heterocycles. The second kappa shape index (κ2) is 11.0. The molecule has 5 rings (SSSR count). The van der Waals surface area contributed by atoms with E-state index in [1.807, 2.05) is 53.4 Å². The number of nitrogens with one attached hydrogen (secondary N) is 1. The number of piperidine rings is 1. The van der Waals surface area contributed by atoms with Crippen LogP contribution in [0.25, 0.3) is 10.8 Å². The highest BCUT2D eigenvalue weighted by atomic mass is 16.5. The highest BCUT2D eigenvalue weighted by molar-refractivity contribution is 6.07. The summed E-state index contributed by atoms with van der Waals surface area (Å²) in [5.74, 6) is 0.0661. The maximum Gasteiger partial charge on any atom is 0.254 e. The molecule has 0 aromatic heterocycles. The molecule has 0 saturated carbocycles. The average Bonchev–Trinajstić information content (AvgIpc) is 2.92. The van der Waals surface area contributed by atoms with Crippen molar-refractivity contribution < 1.29 is 14.3 Å². The Hall–Kier alpha value is -3.22. The third-order valence-corrected chi connectivity index (χ3v) is 7.15. The molecule has 2 aliphatic heterocycles. The Morgan fingerprint density at radius 1 is 0.886 bits per heavy atom. The number of carbonyl (C=O) groups is 2. The lowest BCUT2D eigenvalue weighted by atomic mass is 9.94. The zero-order chi connectivity index (χ0) is 24.0. The third kappa shape index (κ3) is 5.72. The molecule has 0 radical (unpaired) electrons. The zero-order valence-electron chi connectivity index (χ0n) is 20.1. The number of benzene rings is 3. The van der Waals surface area contributed by atoms with Gasteiger partial charge in [0, 0.05) is 50.7 Å². The first-order chi connectivity index (χ1) is 17.2. The molecule has 0 aliphatic carbocycles. The number of rotatable bonds is 6. The van der Waals surface area contributed by atoms with Gasteiger partial charge >= 0.3 is 0 Å². The van der Waals surface area contributed by atoms with Gasteiger partial charge in [-0.2, -0.15) is 0 Å². The number of ether oxygens (including phenoxy) is 1. The fraction of sp³-hybridized carbons (Fsp3) is 0.379. The quantitative estimate of drug-likeness (QED) is 0.596. The van der Waals surface area contributed by atoms with E-state index in [9.17, 15) is 9.59 Å². The smallest absolute Gasteiger partial charge is 0.254 e. The Morgan fingerprint density at radius 3 is 2.46 bits per heavy atom. The van der Waals surface area contributed by atoms with E-state index in [1.54, 1.807) is 0 Å². The monoisotopic (exact) mass is 471 g/mol. The van der Waals surface area contributed by atoms with E-state index in [4.69, 9.17) is 4.74 Å². The molecule has 2 saturated heterocycles. The number of fused-ring (bicyclic) bond motifs is 1. The lowest BCUT2D eigenvalue weighted by Crippen LogP contribution is -2.49. The van der Waals surface area contributed by atoms with Crippen molar-refractivity contribution >= 4 is 22.6 Å². The first-order valence-electron chi connectivity index (χ1n) is 12.6. The van der Waals surface area contributed by atoms with Crippen molar-refractivity contribution in [1.82, 2.24) is 15.1 Å². The van der Waals surface area contributed by atoms with Crippen molar-refractivity contribution in [2.24, 2.45) is 5.92 Å². The van der Waals surface area contributed by atoms with Crippen LogP contribution in [0.15, 0.2) is 72.8 Å². The number of amides is 2. The van der Waals surface area contributed by atoms with Crippen LogP contribution < -0.4 is 5.32 Å². The fourth-order valence-electron chi connectivity index (χ4n) is 5.17. The standard InChI is InChI=1S/C29H33N3O3/c33-28(30-19-25-21-31(17-18-35-25)20-22-7-2-1-3-8-22)24-13-15-32(16-14-24)29(34)27-12-6-10-23-9-4-5-11-26(23)27/h1-12,24-25H,13-21H2,(H,30,33)/t25-/m0/s1. The van der Waals surface area contributed by atoms with Crippen LogP contribution in [0.2, 0.25) is 0 Å². The van der Waals surface area contributed by atoms with Gasteiger partial charge in [0.2, 0.25) is 5.91 Å². The highest BCUT2D eigenvalue weighted by Crippen LogP contribution is 2.24. The lowest BCUT2D eigenvalue weighted by molar-refractivity contribution is -0.127. The summed E-state index contributed by atoms with van der Waals surface area (Å²) in [6.07, 6.45) is 1.38. The molecule has 1 N–H and O–H groups in total. The Kier molecular flexibility index (Phi) is 7.40. The predicted molar refractivity (Wildman–Crippen MR) is 137 cm³/mol. The minimum Gasteiger partial charge on any atom is -0.374 e. The molecule has 3 aromatic rings. The first kappa shape index (κ1) is 23.5. The molecule has 3 aromatic carbocycles. The molecule has 0 bridgehead atoms. The van der Waals surface area contributed by atoms with Crippen LogP contribution in [0, 0.1) is 5.92 Å². The molecule has 0 spiro atoms. The van der Waals surface area contributed by atoms with Crippen LogP contribution in [0.3, 0.4) is 0 Å². The third-order valence-electron chi connectivity index (χ3n) is 7.15. The minimum atomic E-state index is -0.0596. The highest BCUT2D eigenvalue weighted by Gasteiger charge is 2.29. The van der Waals surface area contributed by atoms with Crippen molar-refractivity contribution in [1.29, 1.82) is 0 Å². The van der Waals surface area contributed by atoms with Crippen molar-refractivity contribution in [2.75, 3.05) is 39.3 Å². The Bertz CT molecular complexity index is 1150. The van der Waals surface area contributed by atoms with Crippen LogP contribution in [0.4, 0.5) is 0 Å². The summed E-state index contributed by atoms with van der Waals surface area (Å²) in [4.78, 5) is 30.3. The molecular weight excluding hydrogens is 438 g/mol. The van der Waals surface area contributed by atoms with Crippen LogP contribution in [0.1, 0.15) is 28.8 Å². The summed E-state index contributed by atoms with van der Waals surface area (Å²) in [6, 6.07) is 24.3. The zero-order valence-corrected chi connectivity index (χ0v) is 20.1. The summed E-state index contributed by atoms with van der Waals surface area (Å²) in [6.45, 7) is 5.03. The van der Waals surface area contributed by atoms with E-state index in [2.05, 4.69) is 34.5 Å². The van der Waals surface area contributed by atoms with E-state index < -0.39 is 0 Å². The molecule has 35 heavy (non-hydrogen) atoms. The van der Waals surface area contributed by atoms with E-state index in [1.165, 1.54) is 5.56 Å². The number of likely N-dealkylation sites (tertiary alicyclic amines) is 1. The van der Waals surface area contributed by atoms with Crippen LogP contribution >= 0.6 is 0 Å². The van der Waals surface area contributed by atoms with Crippen molar-refractivity contribution in [3.05, 3.63) is 83.9 Å². The summed E-state index contributed by atoms with van der Waals surface area (Å²) >= 11 is 0. The van der Waals surface area contributed by atoms with Gasteiger partial charge < -0.3 is 15.0 Å². The van der Waals surface area contributed by atoms with Gasteiger partial charge in [0.15, 0.2) is 0 Å².